The maximum atomic E-state index is 4.02. The zero-order chi connectivity index (χ0) is 8.93. The first-order valence-electron chi connectivity index (χ1n) is 3.75. The standard InChI is InChI=1S/C8H7N5/c1-2-11-8(12-3-1)13-7-6-9-4-5-10-7/h1-6H,(H,10,11,12,13). The van der Waals surface area contributed by atoms with E-state index in [0.29, 0.717) is 11.8 Å². The van der Waals surface area contributed by atoms with Crippen LogP contribution in [0.15, 0.2) is 37.1 Å². The number of hydrogen-bond acceptors (Lipinski definition) is 5. The number of anilines is 2. The minimum absolute atomic E-state index is 0.517. The van der Waals surface area contributed by atoms with Crippen LogP contribution in [-0.4, -0.2) is 19.9 Å². The molecule has 0 saturated carbocycles. The van der Waals surface area contributed by atoms with Gasteiger partial charge in [-0.3, -0.25) is 4.98 Å². The van der Waals surface area contributed by atoms with Crippen molar-refractivity contribution >= 4 is 11.8 Å². The molecule has 2 aromatic rings. The fourth-order valence-corrected chi connectivity index (χ4v) is 0.842. The second-order valence-corrected chi connectivity index (χ2v) is 2.29. The van der Waals surface area contributed by atoms with Gasteiger partial charge in [-0.25, -0.2) is 15.0 Å². The molecule has 5 heteroatoms. The van der Waals surface area contributed by atoms with Gasteiger partial charge < -0.3 is 5.32 Å². The number of hydrogen-bond donors (Lipinski definition) is 1. The molecule has 5 nitrogen and oxygen atoms in total. The number of aromatic nitrogens is 4. The topological polar surface area (TPSA) is 63.6 Å². The molecule has 0 atom stereocenters. The van der Waals surface area contributed by atoms with Crippen LogP contribution in [0, 0.1) is 0 Å². The van der Waals surface area contributed by atoms with Gasteiger partial charge in [-0.2, -0.15) is 0 Å². The maximum absolute atomic E-state index is 4.02. The number of nitrogens with one attached hydrogen (secondary N) is 1. The summed E-state index contributed by atoms with van der Waals surface area (Å²) in [5.41, 5.74) is 0. The first-order valence-corrected chi connectivity index (χ1v) is 3.75. The molecule has 13 heavy (non-hydrogen) atoms. The molecule has 2 heterocycles. The molecule has 2 aromatic heterocycles. The molecular formula is C8H7N5. The zero-order valence-electron chi connectivity index (χ0n) is 6.75. The van der Waals surface area contributed by atoms with Gasteiger partial charge in [0.05, 0.1) is 6.20 Å². The molecule has 0 spiro atoms. The Hall–Kier alpha value is -2.04. The minimum Gasteiger partial charge on any atom is -0.307 e. The van der Waals surface area contributed by atoms with Gasteiger partial charge in [0, 0.05) is 24.8 Å². The van der Waals surface area contributed by atoms with E-state index in [4.69, 9.17) is 0 Å². The highest BCUT2D eigenvalue weighted by atomic mass is 15.1. The Bertz CT molecular complexity index is 323. The molecule has 2 rings (SSSR count). The molecule has 0 unspecified atom stereocenters. The lowest BCUT2D eigenvalue weighted by Crippen LogP contribution is -1.97. The molecule has 1 N–H and O–H groups in total. The van der Waals surface area contributed by atoms with Crippen LogP contribution in [0.4, 0.5) is 11.8 Å². The van der Waals surface area contributed by atoms with Crippen LogP contribution >= 0.6 is 0 Å². The lowest BCUT2D eigenvalue weighted by atomic mass is 10.6. The molecule has 0 bridgehead atoms. The largest absolute Gasteiger partial charge is 0.307 e. The summed E-state index contributed by atoms with van der Waals surface area (Å²) in [6, 6.07) is 1.75. The third kappa shape index (κ3) is 1.96. The molecule has 0 amide bonds. The summed E-state index contributed by atoms with van der Waals surface area (Å²) in [7, 11) is 0. The van der Waals surface area contributed by atoms with Crippen molar-refractivity contribution in [3.63, 3.8) is 0 Å². The van der Waals surface area contributed by atoms with Crippen LogP contribution in [0.5, 0.6) is 0 Å². The molecule has 0 aliphatic carbocycles. The maximum Gasteiger partial charge on any atom is 0.228 e. The van der Waals surface area contributed by atoms with Crippen molar-refractivity contribution in [2.45, 2.75) is 0 Å². The summed E-state index contributed by atoms with van der Waals surface area (Å²) in [4.78, 5) is 15.9. The average molecular weight is 173 g/mol. The van der Waals surface area contributed by atoms with Crippen LogP contribution in [-0.2, 0) is 0 Å². The molecule has 0 radical (unpaired) electrons. The van der Waals surface area contributed by atoms with E-state index < -0.39 is 0 Å². The molecule has 0 aliphatic heterocycles. The minimum atomic E-state index is 0.517. The van der Waals surface area contributed by atoms with Crippen molar-refractivity contribution in [1.82, 2.24) is 19.9 Å². The van der Waals surface area contributed by atoms with Crippen molar-refractivity contribution in [3.05, 3.63) is 37.1 Å². The predicted molar refractivity (Wildman–Crippen MR) is 47.3 cm³/mol. The van der Waals surface area contributed by atoms with Gasteiger partial charge in [0.1, 0.15) is 0 Å². The van der Waals surface area contributed by atoms with Gasteiger partial charge in [-0.15, -0.1) is 0 Å². The summed E-state index contributed by atoms with van der Waals surface area (Å²) in [6.07, 6.45) is 8.13. The Balaban J connectivity index is 2.16. The van der Waals surface area contributed by atoms with Crippen molar-refractivity contribution in [1.29, 1.82) is 0 Å². The van der Waals surface area contributed by atoms with E-state index in [1.54, 1.807) is 37.1 Å². The fourth-order valence-electron chi connectivity index (χ4n) is 0.842. The third-order valence-electron chi connectivity index (χ3n) is 1.37. The quantitative estimate of drug-likeness (QED) is 0.734. The molecule has 0 saturated heterocycles. The highest BCUT2D eigenvalue weighted by Crippen LogP contribution is 2.04. The Morgan fingerprint density at radius 2 is 1.77 bits per heavy atom. The second-order valence-electron chi connectivity index (χ2n) is 2.29. The molecular weight excluding hydrogens is 166 g/mol. The predicted octanol–water partition coefficient (Wildman–Crippen LogP) is 1.01. The van der Waals surface area contributed by atoms with Crippen molar-refractivity contribution < 1.29 is 0 Å². The van der Waals surface area contributed by atoms with Crippen molar-refractivity contribution in [2.75, 3.05) is 5.32 Å². The first-order chi connectivity index (χ1) is 6.45. The smallest absolute Gasteiger partial charge is 0.228 e. The van der Waals surface area contributed by atoms with E-state index in [2.05, 4.69) is 25.3 Å². The van der Waals surface area contributed by atoms with Crippen LogP contribution in [0.25, 0.3) is 0 Å². The van der Waals surface area contributed by atoms with E-state index in [9.17, 15) is 0 Å². The molecule has 0 fully saturated rings. The summed E-state index contributed by atoms with van der Waals surface area (Å²) in [5, 5.41) is 2.91. The highest BCUT2D eigenvalue weighted by molar-refractivity contribution is 5.44. The van der Waals surface area contributed by atoms with Crippen LogP contribution in [0.3, 0.4) is 0 Å². The van der Waals surface area contributed by atoms with E-state index in [0.717, 1.165) is 0 Å². The zero-order valence-corrected chi connectivity index (χ0v) is 6.75. The van der Waals surface area contributed by atoms with Gasteiger partial charge in [-0.1, -0.05) is 0 Å². The molecule has 0 aromatic carbocycles. The van der Waals surface area contributed by atoms with Crippen molar-refractivity contribution in [2.24, 2.45) is 0 Å². The summed E-state index contributed by atoms with van der Waals surface area (Å²) < 4.78 is 0. The third-order valence-corrected chi connectivity index (χ3v) is 1.37. The Morgan fingerprint density at radius 3 is 2.46 bits per heavy atom. The normalized spacial score (nSPS) is 9.54. The second kappa shape index (κ2) is 3.57. The van der Waals surface area contributed by atoms with Crippen molar-refractivity contribution in [3.8, 4) is 0 Å². The van der Waals surface area contributed by atoms with Gasteiger partial charge in [0.15, 0.2) is 5.82 Å². The fraction of sp³-hybridized carbons (Fsp3) is 0. The number of nitrogens with zero attached hydrogens (tertiary/aromatic N) is 4. The molecule has 64 valence electrons. The van der Waals surface area contributed by atoms with E-state index in [1.807, 2.05) is 0 Å². The van der Waals surface area contributed by atoms with Gasteiger partial charge in [0.25, 0.3) is 0 Å². The highest BCUT2D eigenvalue weighted by Gasteiger charge is 1.94. The van der Waals surface area contributed by atoms with Crippen LogP contribution in [0.2, 0.25) is 0 Å². The number of rotatable bonds is 2. The summed E-state index contributed by atoms with van der Waals surface area (Å²) >= 11 is 0. The van der Waals surface area contributed by atoms with E-state index >= 15 is 0 Å². The van der Waals surface area contributed by atoms with E-state index in [-0.39, 0.29) is 0 Å². The summed E-state index contributed by atoms with van der Waals surface area (Å²) in [5.74, 6) is 1.15. The summed E-state index contributed by atoms with van der Waals surface area (Å²) in [6.45, 7) is 0. The average Bonchev–Trinajstić information content (AvgIpc) is 2.21. The SMILES string of the molecule is c1cnc(Nc2cnccn2)nc1. The Labute approximate surface area is 74.9 Å². The monoisotopic (exact) mass is 173 g/mol. The first kappa shape index (κ1) is 7.60. The van der Waals surface area contributed by atoms with Gasteiger partial charge in [-0.05, 0) is 6.07 Å². The Kier molecular flexibility index (Phi) is 2.09. The lowest BCUT2D eigenvalue weighted by Gasteiger charge is -2.00. The van der Waals surface area contributed by atoms with Crippen LogP contribution < -0.4 is 5.32 Å². The van der Waals surface area contributed by atoms with Gasteiger partial charge in [0.2, 0.25) is 5.95 Å². The molecule has 0 aliphatic rings. The Morgan fingerprint density at radius 1 is 0.923 bits per heavy atom. The van der Waals surface area contributed by atoms with E-state index in [1.165, 1.54) is 0 Å². The van der Waals surface area contributed by atoms with Gasteiger partial charge >= 0.3 is 0 Å². The van der Waals surface area contributed by atoms with Crippen LogP contribution in [0.1, 0.15) is 0 Å². The lowest BCUT2D eigenvalue weighted by molar-refractivity contribution is 1.13.